The van der Waals surface area contributed by atoms with Gasteiger partial charge in [-0.25, -0.2) is 0 Å². The Morgan fingerprint density at radius 2 is 0.636 bits per heavy atom. The number of hydrogen-bond acceptors (Lipinski definition) is 1. The highest BCUT2D eigenvalue weighted by molar-refractivity contribution is 6.09. The van der Waals surface area contributed by atoms with Gasteiger partial charge in [0, 0.05) is 33.5 Å². The fraction of sp³-hybridized carbons (Fsp3) is 0. The standard InChI is InChI=1S/C64H44N2/c1-3-15-45(16-4-1)51-21-11-22-52(43-51)46-31-37-54(38-32-46)65(56-41-35-49(36-42-56)59-28-14-20-50-19-13-27-58(64(50)59)48-17-5-2-6-18-48)55-39-33-47(34-40-55)53-23-12-24-57(44-53)66-62-29-9-7-25-60(62)61-26-8-10-30-63(61)66/h1-44H. The molecule has 11 aromatic carbocycles. The SMILES string of the molecule is c1ccc(-c2cccc(-c3ccc(N(c4ccc(-c5cccc(-n6c7ccccc7c7ccccc76)c5)cc4)c4ccc(-c5cccc6cccc(-c7ccccc7)c56)cc4)cc3)c2)cc1. The molecule has 0 saturated carbocycles. The highest BCUT2D eigenvalue weighted by Gasteiger charge is 2.17. The number of fused-ring (bicyclic) bond motifs is 4. The van der Waals surface area contributed by atoms with Crippen molar-refractivity contribution in [3.63, 3.8) is 0 Å². The van der Waals surface area contributed by atoms with Gasteiger partial charge in [-0.05, 0) is 133 Å². The molecule has 0 aliphatic carbocycles. The highest BCUT2D eigenvalue weighted by atomic mass is 15.1. The van der Waals surface area contributed by atoms with E-state index in [1.807, 2.05) is 0 Å². The van der Waals surface area contributed by atoms with E-state index in [-0.39, 0.29) is 0 Å². The Kier molecular flexibility index (Phi) is 9.89. The van der Waals surface area contributed by atoms with Crippen molar-refractivity contribution >= 4 is 49.6 Å². The van der Waals surface area contributed by atoms with E-state index in [4.69, 9.17) is 0 Å². The van der Waals surface area contributed by atoms with Crippen LogP contribution in [0.25, 0.3) is 93.9 Å². The summed E-state index contributed by atoms with van der Waals surface area (Å²) < 4.78 is 2.39. The monoisotopic (exact) mass is 840 g/mol. The van der Waals surface area contributed by atoms with Crippen molar-refractivity contribution in [2.45, 2.75) is 0 Å². The van der Waals surface area contributed by atoms with Crippen LogP contribution in [0.15, 0.2) is 267 Å². The lowest BCUT2D eigenvalue weighted by Gasteiger charge is -2.26. The van der Waals surface area contributed by atoms with Crippen LogP contribution < -0.4 is 4.90 Å². The zero-order valence-corrected chi connectivity index (χ0v) is 36.3. The molecule has 0 atom stereocenters. The van der Waals surface area contributed by atoms with E-state index in [0.717, 1.165) is 28.3 Å². The Morgan fingerprint density at radius 1 is 0.258 bits per heavy atom. The predicted octanol–water partition coefficient (Wildman–Crippen LogP) is 17.7. The van der Waals surface area contributed by atoms with Gasteiger partial charge in [-0.2, -0.15) is 0 Å². The van der Waals surface area contributed by atoms with E-state index < -0.39 is 0 Å². The molecule has 0 amide bonds. The van der Waals surface area contributed by atoms with Crippen molar-refractivity contribution in [3.8, 4) is 61.3 Å². The number of para-hydroxylation sites is 2. The minimum Gasteiger partial charge on any atom is -0.311 e. The smallest absolute Gasteiger partial charge is 0.0541 e. The van der Waals surface area contributed by atoms with Crippen molar-refractivity contribution in [2.24, 2.45) is 0 Å². The summed E-state index contributed by atoms with van der Waals surface area (Å²) in [6, 6.07) is 96.8. The molecule has 2 heteroatoms. The van der Waals surface area contributed by atoms with Crippen LogP contribution in [-0.4, -0.2) is 4.57 Å². The van der Waals surface area contributed by atoms with Crippen molar-refractivity contribution < 1.29 is 0 Å². The fourth-order valence-corrected chi connectivity index (χ4v) is 9.82. The third kappa shape index (κ3) is 7.12. The largest absolute Gasteiger partial charge is 0.311 e. The van der Waals surface area contributed by atoms with Crippen LogP contribution in [0.5, 0.6) is 0 Å². The minimum absolute atomic E-state index is 1.08. The zero-order valence-electron chi connectivity index (χ0n) is 36.3. The first-order valence-corrected chi connectivity index (χ1v) is 22.7. The van der Waals surface area contributed by atoms with Crippen LogP contribution >= 0.6 is 0 Å². The van der Waals surface area contributed by atoms with Crippen LogP contribution in [0, 0.1) is 0 Å². The number of anilines is 3. The maximum Gasteiger partial charge on any atom is 0.0541 e. The summed E-state index contributed by atoms with van der Waals surface area (Å²) in [7, 11) is 0. The molecule has 0 bridgehead atoms. The molecule has 1 aromatic heterocycles. The number of rotatable bonds is 9. The molecule has 2 nitrogen and oxygen atoms in total. The maximum atomic E-state index is 2.39. The van der Waals surface area contributed by atoms with Crippen molar-refractivity contribution in [1.82, 2.24) is 4.57 Å². The molecule has 0 fully saturated rings. The zero-order chi connectivity index (χ0) is 43.8. The molecule has 310 valence electrons. The number of nitrogens with zero attached hydrogens (tertiary/aromatic N) is 2. The van der Waals surface area contributed by atoms with Gasteiger partial charge in [0.25, 0.3) is 0 Å². The molecule has 12 rings (SSSR count). The molecule has 0 N–H and O–H groups in total. The molecule has 0 saturated heterocycles. The Morgan fingerprint density at radius 3 is 1.17 bits per heavy atom. The van der Waals surface area contributed by atoms with Gasteiger partial charge in [-0.15, -0.1) is 0 Å². The molecular formula is C64H44N2. The summed E-state index contributed by atoms with van der Waals surface area (Å²) in [6.07, 6.45) is 0. The van der Waals surface area contributed by atoms with Crippen molar-refractivity contribution in [3.05, 3.63) is 267 Å². The number of aromatic nitrogens is 1. The van der Waals surface area contributed by atoms with Gasteiger partial charge >= 0.3 is 0 Å². The molecular weight excluding hydrogens is 797 g/mol. The first-order chi connectivity index (χ1) is 32.7. The first-order valence-electron chi connectivity index (χ1n) is 22.7. The van der Waals surface area contributed by atoms with E-state index in [1.54, 1.807) is 0 Å². The molecule has 0 radical (unpaired) electrons. The van der Waals surface area contributed by atoms with Crippen LogP contribution in [0.3, 0.4) is 0 Å². The summed E-state index contributed by atoms with van der Waals surface area (Å²) >= 11 is 0. The van der Waals surface area contributed by atoms with Gasteiger partial charge in [0.05, 0.1) is 11.0 Å². The summed E-state index contributed by atoms with van der Waals surface area (Å²) in [5.74, 6) is 0. The molecule has 12 aromatic rings. The van der Waals surface area contributed by atoms with E-state index in [0.29, 0.717) is 0 Å². The average Bonchev–Trinajstić information content (AvgIpc) is 3.74. The van der Waals surface area contributed by atoms with Crippen LogP contribution in [0.4, 0.5) is 17.1 Å². The average molecular weight is 841 g/mol. The van der Waals surface area contributed by atoms with Gasteiger partial charge in [0.1, 0.15) is 0 Å². The summed E-state index contributed by atoms with van der Waals surface area (Å²) in [4.78, 5) is 2.37. The molecule has 0 aliphatic rings. The van der Waals surface area contributed by atoms with Crippen LogP contribution in [0.2, 0.25) is 0 Å². The topological polar surface area (TPSA) is 8.17 Å². The lowest BCUT2D eigenvalue weighted by Crippen LogP contribution is -2.09. The second kappa shape index (κ2) is 16.8. The Bertz CT molecular complexity index is 3600. The molecule has 0 unspecified atom stereocenters. The van der Waals surface area contributed by atoms with E-state index in [9.17, 15) is 0 Å². The summed E-state index contributed by atoms with van der Waals surface area (Å²) in [5, 5.41) is 5.02. The number of benzene rings is 11. The predicted molar refractivity (Wildman–Crippen MR) is 280 cm³/mol. The second-order valence-corrected chi connectivity index (χ2v) is 16.9. The van der Waals surface area contributed by atoms with Gasteiger partial charge in [-0.1, -0.05) is 200 Å². The van der Waals surface area contributed by atoms with Gasteiger partial charge in [0.2, 0.25) is 0 Å². The molecule has 1 heterocycles. The first kappa shape index (κ1) is 38.9. The Labute approximate surface area is 385 Å². The fourth-order valence-electron chi connectivity index (χ4n) is 9.82. The molecule has 66 heavy (non-hydrogen) atoms. The van der Waals surface area contributed by atoms with Crippen molar-refractivity contribution in [1.29, 1.82) is 0 Å². The van der Waals surface area contributed by atoms with Gasteiger partial charge in [-0.3, -0.25) is 0 Å². The van der Waals surface area contributed by atoms with Gasteiger partial charge < -0.3 is 9.47 Å². The van der Waals surface area contributed by atoms with E-state index in [2.05, 4.69) is 276 Å². The lowest BCUT2D eigenvalue weighted by molar-refractivity contribution is 1.18. The Hall–Kier alpha value is -8.72. The van der Waals surface area contributed by atoms with Crippen molar-refractivity contribution in [2.75, 3.05) is 4.90 Å². The maximum absolute atomic E-state index is 2.39. The summed E-state index contributed by atoms with van der Waals surface area (Å²) in [5.41, 5.74) is 18.8. The normalized spacial score (nSPS) is 11.3. The van der Waals surface area contributed by atoms with E-state index in [1.165, 1.54) is 82.6 Å². The lowest BCUT2D eigenvalue weighted by atomic mass is 9.91. The van der Waals surface area contributed by atoms with Gasteiger partial charge in [0.15, 0.2) is 0 Å². The number of hydrogen-bond donors (Lipinski definition) is 0. The molecule has 0 aliphatic heterocycles. The van der Waals surface area contributed by atoms with E-state index >= 15 is 0 Å². The molecule has 0 spiro atoms. The van der Waals surface area contributed by atoms with Crippen LogP contribution in [-0.2, 0) is 0 Å². The third-order valence-electron chi connectivity index (χ3n) is 13.0. The third-order valence-corrected chi connectivity index (χ3v) is 13.0. The summed E-state index contributed by atoms with van der Waals surface area (Å²) in [6.45, 7) is 0. The quantitative estimate of drug-likeness (QED) is 0.141. The Balaban J connectivity index is 0.927. The second-order valence-electron chi connectivity index (χ2n) is 16.9. The highest BCUT2D eigenvalue weighted by Crippen LogP contribution is 2.41. The minimum atomic E-state index is 1.08. The van der Waals surface area contributed by atoms with Crippen LogP contribution in [0.1, 0.15) is 0 Å².